The number of aliphatic hydroxyl groups excluding tert-OH is 1. The van der Waals surface area contributed by atoms with Gasteiger partial charge in [0.2, 0.25) is 0 Å². The molecule has 0 spiro atoms. The summed E-state index contributed by atoms with van der Waals surface area (Å²) in [5.74, 6) is -0.0800. The molecular formula is C13H18F3NO. The zero-order valence-corrected chi connectivity index (χ0v) is 10.4. The number of hydrogen-bond donors (Lipinski definition) is 2. The third-order valence-electron chi connectivity index (χ3n) is 2.84. The van der Waals surface area contributed by atoms with Gasteiger partial charge in [0.15, 0.2) is 0 Å². The van der Waals surface area contributed by atoms with Gasteiger partial charge in [-0.25, -0.2) is 0 Å². The van der Waals surface area contributed by atoms with Gasteiger partial charge in [-0.05, 0) is 11.5 Å². The third kappa shape index (κ3) is 3.99. The summed E-state index contributed by atoms with van der Waals surface area (Å²) in [6, 6.07) is 5.33. The molecule has 2 nitrogen and oxygen atoms in total. The van der Waals surface area contributed by atoms with E-state index in [1.165, 1.54) is 12.1 Å². The van der Waals surface area contributed by atoms with Gasteiger partial charge >= 0.3 is 6.18 Å². The van der Waals surface area contributed by atoms with Crippen LogP contribution in [-0.4, -0.2) is 23.9 Å². The maximum Gasteiger partial charge on any atom is 0.407 e. The average Bonchev–Trinajstić information content (AvgIpc) is 2.29. The highest BCUT2D eigenvalue weighted by Gasteiger charge is 2.41. The van der Waals surface area contributed by atoms with Crippen LogP contribution in [0.25, 0.3) is 0 Å². The van der Waals surface area contributed by atoms with Crippen molar-refractivity contribution in [2.75, 3.05) is 6.61 Å². The zero-order chi connectivity index (χ0) is 13.8. The molecule has 0 heterocycles. The molecule has 2 N–H and O–H groups in total. The summed E-state index contributed by atoms with van der Waals surface area (Å²) in [5.41, 5.74) is 0.157. The molecule has 0 aliphatic rings. The van der Waals surface area contributed by atoms with Crippen molar-refractivity contribution >= 4 is 0 Å². The molecule has 0 aliphatic heterocycles. The smallest absolute Gasteiger partial charge is 0.395 e. The number of rotatable bonds is 5. The summed E-state index contributed by atoms with van der Waals surface area (Å²) in [4.78, 5) is 0. The van der Waals surface area contributed by atoms with Gasteiger partial charge in [0.05, 0.1) is 6.61 Å². The summed E-state index contributed by atoms with van der Waals surface area (Å²) in [7, 11) is 0. The molecule has 0 saturated carbocycles. The minimum Gasteiger partial charge on any atom is -0.395 e. The number of hydrogen-bond acceptors (Lipinski definition) is 2. The summed E-state index contributed by atoms with van der Waals surface area (Å²) in [6.07, 6.45) is -4.39. The van der Waals surface area contributed by atoms with Crippen molar-refractivity contribution in [2.24, 2.45) is 5.92 Å². The lowest BCUT2D eigenvalue weighted by Crippen LogP contribution is -2.45. The topological polar surface area (TPSA) is 32.3 Å². The lowest BCUT2D eigenvalue weighted by molar-refractivity contribution is -0.161. The van der Waals surface area contributed by atoms with Gasteiger partial charge in [-0.3, -0.25) is 5.32 Å². The molecule has 0 fully saturated rings. The Morgan fingerprint density at radius 1 is 1.17 bits per heavy atom. The fraction of sp³-hybridized carbons (Fsp3) is 0.538. The van der Waals surface area contributed by atoms with E-state index >= 15 is 0 Å². The van der Waals surface area contributed by atoms with E-state index in [1.807, 2.05) is 0 Å². The third-order valence-corrected chi connectivity index (χ3v) is 2.84. The van der Waals surface area contributed by atoms with E-state index in [1.54, 1.807) is 32.0 Å². The molecule has 0 aliphatic carbocycles. The first-order chi connectivity index (χ1) is 8.36. The second kappa shape index (κ2) is 6.20. The molecule has 0 amide bonds. The van der Waals surface area contributed by atoms with Crippen molar-refractivity contribution in [3.05, 3.63) is 35.9 Å². The summed E-state index contributed by atoms with van der Waals surface area (Å²) in [6.45, 7) is 3.22. The van der Waals surface area contributed by atoms with Crippen molar-refractivity contribution in [3.63, 3.8) is 0 Å². The lowest BCUT2D eigenvalue weighted by atomic mass is 10.0. The zero-order valence-electron chi connectivity index (χ0n) is 10.4. The Morgan fingerprint density at radius 3 is 2.11 bits per heavy atom. The van der Waals surface area contributed by atoms with Crippen LogP contribution in [0.2, 0.25) is 0 Å². The van der Waals surface area contributed by atoms with Crippen molar-refractivity contribution in [1.82, 2.24) is 5.32 Å². The Bertz CT molecular complexity index is 351. The monoisotopic (exact) mass is 261 g/mol. The molecule has 1 rings (SSSR count). The molecule has 0 bridgehead atoms. The second-order valence-electron chi connectivity index (χ2n) is 4.59. The van der Waals surface area contributed by atoms with Crippen LogP contribution in [0.15, 0.2) is 30.3 Å². The standard InChI is InChI=1S/C13H18F3NO/c1-9(2)11(8-18)17-12(13(14,15)16)10-6-4-3-5-7-10/h3-7,9,11-12,17-18H,8H2,1-2H3/t11-,12?/m1/s1. The van der Waals surface area contributed by atoms with Crippen molar-refractivity contribution < 1.29 is 18.3 Å². The maximum atomic E-state index is 13.0. The summed E-state index contributed by atoms with van der Waals surface area (Å²) >= 11 is 0. The van der Waals surface area contributed by atoms with Gasteiger partial charge in [-0.15, -0.1) is 0 Å². The quantitative estimate of drug-likeness (QED) is 0.854. The molecule has 1 aromatic carbocycles. The van der Waals surface area contributed by atoms with Gasteiger partial charge in [0.1, 0.15) is 6.04 Å². The second-order valence-corrected chi connectivity index (χ2v) is 4.59. The highest BCUT2D eigenvalue weighted by molar-refractivity contribution is 5.20. The van der Waals surface area contributed by atoms with Gasteiger partial charge in [0, 0.05) is 6.04 Å². The molecule has 5 heteroatoms. The minimum absolute atomic E-state index is 0.0800. The van der Waals surface area contributed by atoms with E-state index in [2.05, 4.69) is 5.32 Å². The van der Waals surface area contributed by atoms with E-state index in [9.17, 15) is 13.2 Å². The van der Waals surface area contributed by atoms with Crippen LogP contribution in [0.5, 0.6) is 0 Å². The van der Waals surface area contributed by atoms with E-state index in [4.69, 9.17) is 5.11 Å². The van der Waals surface area contributed by atoms with Crippen LogP contribution in [0, 0.1) is 5.92 Å². The lowest BCUT2D eigenvalue weighted by Gasteiger charge is -2.28. The fourth-order valence-corrected chi connectivity index (χ4v) is 1.70. The van der Waals surface area contributed by atoms with Crippen LogP contribution in [-0.2, 0) is 0 Å². The summed E-state index contributed by atoms with van der Waals surface area (Å²) in [5, 5.41) is 11.6. The highest BCUT2D eigenvalue weighted by atomic mass is 19.4. The first kappa shape index (κ1) is 15.0. The molecule has 1 aromatic rings. The number of aliphatic hydroxyl groups is 1. The van der Waals surface area contributed by atoms with E-state index in [-0.39, 0.29) is 18.1 Å². The van der Waals surface area contributed by atoms with Gasteiger partial charge in [0.25, 0.3) is 0 Å². The molecule has 18 heavy (non-hydrogen) atoms. The summed E-state index contributed by atoms with van der Waals surface area (Å²) < 4.78 is 39.1. The Labute approximate surface area is 105 Å². The van der Waals surface area contributed by atoms with E-state index < -0.39 is 18.3 Å². The highest BCUT2D eigenvalue weighted by Crippen LogP contribution is 2.33. The van der Waals surface area contributed by atoms with Crippen molar-refractivity contribution in [2.45, 2.75) is 32.1 Å². The van der Waals surface area contributed by atoms with Crippen molar-refractivity contribution in [1.29, 1.82) is 0 Å². The Balaban J connectivity index is 2.94. The first-order valence-electron chi connectivity index (χ1n) is 5.84. The number of alkyl halides is 3. The number of nitrogens with one attached hydrogen (secondary N) is 1. The Kier molecular flexibility index (Phi) is 5.16. The van der Waals surface area contributed by atoms with Crippen LogP contribution in [0.1, 0.15) is 25.5 Å². The van der Waals surface area contributed by atoms with Gasteiger partial charge in [-0.2, -0.15) is 13.2 Å². The van der Waals surface area contributed by atoms with Crippen LogP contribution in [0.4, 0.5) is 13.2 Å². The number of halogens is 3. The van der Waals surface area contributed by atoms with Gasteiger partial charge < -0.3 is 5.11 Å². The molecule has 2 atom stereocenters. The van der Waals surface area contributed by atoms with Crippen molar-refractivity contribution in [3.8, 4) is 0 Å². The van der Waals surface area contributed by atoms with Crippen LogP contribution < -0.4 is 5.32 Å². The Morgan fingerprint density at radius 2 is 1.72 bits per heavy atom. The minimum atomic E-state index is -4.39. The normalized spacial score (nSPS) is 15.7. The number of benzene rings is 1. The van der Waals surface area contributed by atoms with E-state index in [0.717, 1.165) is 0 Å². The molecular weight excluding hydrogens is 243 g/mol. The van der Waals surface area contributed by atoms with Crippen LogP contribution in [0.3, 0.4) is 0 Å². The average molecular weight is 261 g/mol. The van der Waals surface area contributed by atoms with Gasteiger partial charge in [-0.1, -0.05) is 44.2 Å². The molecule has 1 unspecified atom stereocenters. The molecule has 0 radical (unpaired) electrons. The first-order valence-corrected chi connectivity index (χ1v) is 5.84. The predicted octanol–water partition coefficient (Wildman–Crippen LogP) is 2.90. The fourth-order valence-electron chi connectivity index (χ4n) is 1.70. The van der Waals surface area contributed by atoms with Crippen LogP contribution >= 0.6 is 0 Å². The van der Waals surface area contributed by atoms with E-state index in [0.29, 0.717) is 0 Å². The molecule has 0 saturated heterocycles. The predicted molar refractivity (Wildman–Crippen MR) is 64.1 cm³/mol. The molecule has 102 valence electrons. The maximum absolute atomic E-state index is 13.0. The SMILES string of the molecule is CC(C)[C@@H](CO)NC(c1ccccc1)C(F)(F)F. The Hall–Kier alpha value is -1.07. The largest absolute Gasteiger partial charge is 0.407 e. The molecule has 0 aromatic heterocycles.